The number of hydrogen-bond donors (Lipinski definition) is 2. The van der Waals surface area contributed by atoms with Crippen LogP contribution in [0.5, 0.6) is 5.75 Å². The van der Waals surface area contributed by atoms with Crippen molar-refractivity contribution in [3.05, 3.63) is 64.7 Å². The van der Waals surface area contributed by atoms with Crippen LogP contribution in [0.2, 0.25) is 0 Å². The molecule has 0 saturated carbocycles. The van der Waals surface area contributed by atoms with E-state index in [0.717, 1.165) is 11.1 Å². The number of ether oxygens (including phenoxy) is 2. The highest BCUT2D eigenvalue weighted by Gasteiger charge is 2.11. The van der Waals surface area contributed by atoms with E-state index in [4.69, 9.17) is 0 Å². The molecule has 2 N–H and O–H groups in total. The Morgan fingerprint density at radius 3 is 2.39 bits per heavy atom. The van der Waals surface area contributed by atoms with Gasteiger partial charge in [-0.2, -0.15) is 8.78 Å². The Morgan fingerprint density at radius 2 is 1.79 bits per heavy atom. The SMILES string of the molecule is CN=C(NCc1ccc(C(=O)OC)cc1)NCc1cc(C)ccc1OC(F)F. The summed E-state index contributed by atoms with van der Waals surface area (Å²) >= 11 is 0. The van der Waals surface area contributed by atoms with E-state index in [1.807, 2.05) is 19.1 Å². The van der Waals surface area contributed by atoms with Gasteiger partial charge in [0.2, 0.25) is 0 Å². The molecule has 0 aromatic heterocycles. The second kappa shape index (κ2) is 10.2. The normalized spacial score (nSPS) is 11.3. The van der Waals surface area contributed by atoms with Crippen LogP contribution in [0.4, 0.5) is 8.78 Å². The first-order chi connectivity index (χ1) is 13.4. The summed E-state index contributed by atoms with van der Waals surface area (Å²) in [5.74, 6) is 0.237. The number of aliphatic imine (C=N–C) groups is 1. The third-order valence-electron chi connectivity index (χ3n) is 3.94. The van der Waals surface area contributed by atoms with Gasteiger partial charge in [0.05, 0.1) is 12.7 Å². The number of guanidine groups is 1. The van der Waals surface area contributed by atoms with Crippen LogP contribution in [0.1, 0.15) is 27.0 Å². The molecule has 0 spiro atoms. The molecule has 150 valence electrons. The Morgan fingerprint density at radius 1 is 1.11 bits per heavy atom. The van der Waals surface area contributed by atoms with Crippen molar-refractivity contribution in [1.82, 2.24) is 10.6 Å². The Kier molecular flexibility index (Phi) is 7.74. The lowest BCUT2D eigenvalue weighted by molar-refractivity contribution is -0.0504. The van der Waals surface area contributed by atoms with Gasteiger partial charge in [0.1, 0.15) is 5.75 Å². The van der Waals surface area contributed by atoms with Crippen molar-refractivity contribution < 1.29 is 23.0 Å². The molecule has 2 aromatic rings. The Hall–Kier alpha value is -3.16. The van der Waals surface area contributed by atoms with Crippen molar-refractivity contribution in [3.63, 3.8) is 0 Å². The smallest absolute Gasteiger partial charge is 0.387 e. The molecule has 0 bridgehead atoms. The van der Waals surface area contributed by atoms with Crippen molar-refractivity contribution in [2.45, 2.75) is 26.6 Å². The van der Waals surface area contributed by atoms with Crippen LogP contribution in [-0.2, 0) is 17.8 Å². The maximum Gasteiger partial charge on any atom is 0.387 e. The minimum atomic E-state index is -2.88. The van der Waals surface area contributed by atoms with Crippen LogP contribution in [0.25, 0.3) is 0 Å². The second-order valence-electron chi connectivity index (χ2n) is 5.96. The van der Waals surface area contributed by atoms with Gasteiger partial charge in [-0.05, 0) is 30.7 Å². The average molecular weight is 391 g/mol. The van der Waals surface area contributed by atoms with Gasteiger partial charge < -0.3 is 20.1 Å². The van der Waals surface area contributed by atoms with E-state index in [9.17, 15) is 13.6 Å². The van der Waals surface area contributed by atoms with Gasteiger partial charge in [-0.3, -0.25) is 4.99 Å². The highest BCUT2D eigenvalue weighted by Crippen LogP contribution is 2.22. The lowest BCUT2D eigenvalue weighted by atomic mass is 10.1. The molecule has 0 heterocycles. The predicted molar refractivity (Wildman–Crippen MR) is 103 cm³/mol. The zero-order valence-corrected chi connectivity index (χ0v) is 16.0. The molecular formula is C20H23F2N3O3. The number of nitrogens with zero attached hydrogens (tertiary/aromatic N) is 1. The first-order valence-electron chi connectivity index (χ1n) is 8.59. The minimum absolute atomic E-state index is 0.127. The van der Waals surface area contributed by atoms with Crippen molar-refractivity contribution >= 4 is 11.9 Å². The highest BCUT2D eigenvalue weighted by atomic mass is 19.3. The van der Waals surface area contributed by atoms with Crippen LogP contribution in [0.3, 0.4) is 0 Å². The number of hydrogen-bond acceptors (Lipinski definition) is 4. The van der Waals surface area contributed by atoms with E-state index in [-0.39, 0.29) is 12.3 Å². The van der Waals surface area contributed by atoms with E-state index in [1.165, 1.54) is 13.2 Å². The maximum absolute atomic E-state index is 12.6. The molecule has 2 aromatic carbocycles. The van der Waals surface area contributed by atoms with Gasteiger partial charge >= 0.3 is 12.6 Å². The van der Waals surface area contributed by atoms with Crippen molar-refractivity contribution in [1.29, 1.82) is 0 Å². The lowest BCUT2D eigenvalue weighted by Gasteiger charge is -2.15. The fourth-order valence-corrected chi connectivity index (χ4v) is 2.52. The van der Waals surface area contributed by atoms with Gasteiger partial charge in [-0.15, -0.1) is 0 Å². The fourth-order valence-electron chi connectivity index (χ4n) is 2.52. The van der Waals surface area contributed by atoms with Gasteiger partial charge in [-0.25, -0.2) is 4.79 Å². The summed E-state index contributed by atoms with van der Waals surface area (Å²) in [6.45, 7) is -0.271. The monoisotopic (exact) mass is 391 g/mol. The van der Waals surface area contributed by atoms with Crippen molar-refractivity contribution in [2.75, 3.05) is 14.2 Å². The van der Waals surface area contributed by atoms with Crippen LogP contribution in [0.15, 0.2) is 47.5 Å². The van der Waals surface area contributed by atoms with Crippen LogP contribution >= 0.6 is 0 Å². The Labute approximate surface area is 162 Å². The Balaban J connectivity index is 1.95. The van der Waals surface area contributed by atoms with E-state index in [0.29, 0.717) is 23.6 Å². The molecule has 0 amide bonds. The molecule has 0 unspecified atom stereocenters. The third kappa shape index (κ3) is 6.22. The molecule has 8 heteroatoms. The molecule has 0 fully saturated rings. The molecule has 0 saturated heterocycles. The third-order valence-corrected chi connectivity index (χ3v) is 3.94. The summed E-state index contributed by atoms with van der Waals surface area (Å²) in [6, 6.07) is 12.0. The van der Waals surface area contributed by atoms with E-state index < -0.39 is 12.6 Å². The molecule has 0 aliphatic carbocycles. The van der Waals surface area contributed by atoms with E-state index >= 15 is 0 Å². The summed E-state index contributed by atoms with van der Waals surface area (Å²) in [5.41, 5.74) is 2.95. The zero-order chi connectivity index (χ0) is 20.5. The average Bonchev–Trinajstić information content (AvgIpc) is 2.69. The topological polar surface area (TPSA) is 72.0 Å². The number of alkyl halides is 2. The summed E-state index contributed by atoms with van der Waals surface area (Å²) in [6.07, 6.45) is 0. The molecule has 0 aliphatic heterocycles. The summed E-state index contributed by atoms with van der Waals surface area (Å²) in [7, 11) is 2.95. The van der Waals surface area contributed by atoms with Gasteiger partial charge in [0.15, 0.2) is 5.96 Å². The number of esters is 1. The summed E-state index contributed by atoms with van der Waals surface area (Å²) < 4.78 is 34.4. The number of benzene rings is 2. The number of halogens is 2. The zero-order valence-electron chi connectivity index (χ0n) is 16.0. The minimum Gasteiger partial charge on any atom is -0.465 e. The lowest BCUT2D eigenvalue weighted by Crippen LogP contribution is -2.36. The molecular weight excluding hydrogens is 368 g/mol. The molecule has 0 atom stereocenters. The number of nitrogens with one attached hydrogen (secondary N) is 2. The van der Waals surface area contributed by atoms with Gasteiger partial charge in [-0.1, -0.05) is 29.8 Å². The van der Waals surface area contributed by atoms with Crippen LogP contribution < -0.4 is 15.4 Å². The number of carbonyl (C=O) groups excluding carboxylic acids is 1. The predicted octanol–water partition coefficient (Wildman–Crippen LogP) is 3.25. The molecule has 0 radical (unpaired) electrons. The second-order valence-corrected chi connectivity index (χ2v) is 5.96. The highest BCUT2D eigenvalue weighted by molar-refractivity contribution is 5.89. The van der Waals surface area contributed by atoms with Gasteiger partial charge in [0.25, 0.3) is 0 Å². The Bertz CT molecular complexity index is 824. The van der Waals surface area contributed by atoms with Crippen molar-refractivity contribution in [3.8, 4) is 5.75 Å². The van der Waals surface area contributed by atoms with Gasteiger partial charge in [0, 0.05) is 25.7 Å². The number of aryl methyl sites for hydroxylation is 1. The fraction of sp³-hybridized carbons (Fsp3) is 0.300. The standard InChI is InChI=1S/C20H23F2N3O3/c1-13-4-9-17(28-19(21)22)16(10-13)12-25-20(23-2)24-11-14-5-7-15(8-6-14)18(26)27-3/h4-10,19H,11-12H2,1-3H3,(H2,23,24,25). The number of carbonyl (C=O) groups is 1. The van der Waals surface area contributed by atoms with Crippen LogP contribution in [0, 0.1) is 6.92 Å². The summed E-state index contributed by atoms with van der Waals surface area (Å²) in [4.78, 5) is 15.6. The number of methoxy groups -OCH3 is 1. The van der Waals surface area contributed by atoms with Crippen molar-refractivity contribution in [2.24, 2.45) is 4.99 Å². The van der Waals surface area contributed by atoms with Crippen LogP contribution in [-0.4, -0.2) is 32.7 Å². The van der Waals surface area contributed by atoms with E-state index in [2.05, 4.69) is 25.1 Å². The first-order valence-corrected chi connectivity index (χ1v) is 8.59. The number of rotatable bonds is 7. The largest absolute Gasteiger partial charge is 0.465 e. The molecule has 28 heavy (non-hydrogen) atoms. The van der Waals surface area contributed by atoms with E-state index in [1.54, 1.807) is 31.3 Å². The summed E-state index contributed by atoms with van der Waals surface area (Å²) in [5, 5.41) is 6.20. The quantitative estimate of drug-likeness (QED) is 0.431. The molecule has 6 nitrogen and oxygen atoms in total. The maximum atomic E-state index is 12.6. The molecule has 2 rings (SSSR count). The molecule has 0 aliphatic rings. The first kappa shape index (κ1) is 21.1.